The Bertz CT molecular complexity index is 596. The number of hydrogen-bond acceptors (Lipinski definition) is 3. The number of benzene rings is 2. The fraction of sp³-hybridized carbons (Fsp3) is 0.250. The minimum Gasteiger partial charge on any atom is -0.491 e. The topological polar surface area (TPSA) is 38.5 Å². The Morgan fingerprint density at radius 3 is 2.45 bits per heavy atom. The Balaban J connectivity index is 2.40. The van der Waals surface area contributed by atoms with Gasteiger partial charge in [0.25, 0.3) is 0 Å². The van der Waals surface area contributed by atoms with Crippen molar-refractivity contribution in [2.45, 2.75) is 13.8 Å². The van der Waals surface area contributed by atoms with Gasteiger partial charge in [-0.3, -0.25) is 0 Å². The number of rotatable bonds is 4. The van der Waals surface area contributed by atoms with E-state index in [9.17, 15) is 4.39 Å². The third-order valence-corrected chi connectivity index (χ3v) is 3.16. The highest BCUT2D eigenvalue weighted by atomic mass is 19.1. The van der Waals surface area contributed by atoms with E-state index in [-0.39, 0.29) is 5.75 Å². The van der Waals surface area contributed by atoms with Gasteiger partial charge < -0.3 is 15.4 Å². The predicted molar refractivity (Wildman–Crippen MR) is 81.2 cm³/mol. The van der Waals surface area contributed by atoms with Crippen LogP contribution in [-0.2, 0) is 0 Å². The molecular weight excluding hydrogens is 255 g/mol. The molecular formula is C16H19FN2O. The van der Waals surface area contributed by atoms with Gasteiger partial charge in [0.05, 0.1) is 18.0 Å². The second-order valence-electron chi connectivity index (χ2n) is 4.67. The molecule has 0 unspecified atom stereocenters. The van der Waals surface area contributed by atoms with Gasteiger partial charge in [-0.15, -0.1) is 0 Å². The van der Waals surface area contributed by atoms with Crippen LogP contribution in [0.3, 0.4) is 0 Å². The van der Waals surface area contributed by atoms with E-state index < -0.39 is 5.82 Å². The Labute approximate surface area is 118 Å². The van der Waals surface area contributed by atoms with E-state index in [1.807, 2.05) is 50.1 Å². The third kappa shape index (κ3) is 2.85. The third-order valence-electron chi connectivity index (χ3n) is 3.16. The SMILES string of the molecule is CCOc1cc(N(C)c2ccc(C)cc2)c(N)cc1F. The maximum atomic E-state index is 13.7. The first kappa shape index (κ1) is 14.2. The van der Waals surface area contributed by atoms with Gasteiger partial charge in [0.2, 0.25) is 0 Å². The molecule has 2 aromatic rings. The molecule has 106 valence electrons. The van der Waals surface area contributed by atoms with Crippen molar-refractivity contribution in [1.82, 2.24) is 0 Å². The predicted octanol–water partition coefficient (Wildman–Crippen LogP) is 3.88. The molecule has 0 aromatic heterocycles. The second-order valence-corrected chi connectivity index (χ2v) is 4.67. The van der Waals surface area contributed by atoms with Gasteiger partial charge in [-0.05, 0) is 26.0 Å². The molecule has 2 rings (SSSR count). The fourth-order valence-corrected chi connectivity index (χ4v) is 2.02. The molecule has 0 saturated heterocycles. The first-order valence-corrected chi connectivity index (χ1v) is 6.55. The standard InChI is InChI=1S/C16H19FN2O/c1-4-20-16-10-15(14(18)9-13(16)17)19(3)12-7-5-11(2)6-8-12/h5-10H,4,18H2,1-3H3. The van der Waals surface area contributed by atoms with Crippen LogP contribution in [0.1, 0.15) is 12.5 Å². The number of ether oxygens (including phenoxy) is 1. The molecule has 0 bridgehead atoms. The van der Waals surface area contributed by atoms with Crippen molar-refractivity contribution < 1.29 is 9.13 Å². The van der Waals surface area contributed by atoms with Crippen LogP contribution in [0.15, 0.2) is 36.4 Å². The second kappa shape index (κ2) is 5.82. The van der Waals surface area contributed by atoms with Crippen LogP contribution < -0.4 is 15.4 Å². The number of hydrogen-bond donors (Lipinski definition) is 1. The summed E-state index contributed by atoms with van der Waals surface area (Å²) in [6.07, 6.45) is 0. The number of halogens is 1. The highest BCUT2D eigenvalue weighted by molar-refractivity contribution is 5.76. The Hall–Kier alpha value is -2.23. The van der Waals surface area contributed by atoms with Crippen LogP contribution in [0.5, 0.6) is 5.75 Å². The maximum Gasteiger partial charge on any atom is 0.167 e. The lowest BCUT2D eigenvalue weighted by atomic mass is 10.2. The maximum absolute atomic E-state index is 13.7. The largest absolute Gasteiger partial charge is 0.491 e. The highest BCUT2D eigenvalue weighted by Gasteiger charge is 2.13. The first-order chi connectivity index (χ1) is 9.52. The molecule has 0 heterocycles. The number of nitrogens with zero attached hydrogens (tertiary/aromatic N) is 1. The average molecular weight is 274 g/mol. The average Bonchev–Trinajstić information content (AvgIpc) is 2.42. The van der Waals surface area contributed by atoms with Crippen molar-refractivity contribution in [2.24, 2.45) is 0 Å². The van der Waals surface area contributed by atoms with Crippen molar-refractivity contribution >= 4 is 17.1 Å². The zero-order valence-corrected chi connectivity index (χ0v) is 12.0. The van der Waals surface area contributed by atoms with Crippen LogP contribution in [0.4, 0.5) is 21.5 Å². The molecule has 20 heavy (non-hydrogen) atoms. The van der Waals surface area contributed by atoms with Crippen LogP contribution >= 0.6 is 0 Å². The van der Waals surface area contributed by atoms with Gasteiger partial charge in [0, 0.05) is 24.9 Å². The van der Waals surface area contributed by atoms with E-state index >= 15 is 0 Å². The summed E-state index contributed by atoms with van der Waals surface area (Å²) in [7, 11) is 1.89. The smallest absolute Gasteiger partial charge is 0.167 e. The first-order valence-electron chi connectivity index (χ1n) is 6.55. The van der Waals surface area contributed by atoms with E-state index in [2.05, 4.69) is 0 Å². The number of nitrogens with two attached hydrogens (primary N) is 1. The van der Waals surface area contributed by atoms with Gasteiger partial charge in [0.1, 0.15) is 0 Å². The molecule has 0 aliphatic heterocycles. The molecule has 4 heteroatoms. The lowest BCUT2D eigenvalue weighted by Gasteiger charge is -2.22. The van der Waals surface area contributed by atoms with E-state index in [4.69, 9.17) is 10.5 Å². The van der Waals surface area contributed by atoms with Gasteiger partial charge in [-0.2, -0.15) is 0 Å². The molecule has 0 radical (unpaired) electrons. The molecule has 0 atom stereocenters. The molecule has 2 aromatic carbocycles. The number of aryl methyl sites for hydroxylation is 1. The summed E-state index contributed by atoms with van der Waals surface area (Å²) in [5.74, 6) is -0.221. The molecule has 3 nitrogen and oxygen atoms in total. The summed E-state index contributed by atoms with van der Waals surface area (Å²) >= 11 is 0. The highest BCUT2D eigenvalue weighted by Crippen LogP contribution is 2.34. The molecule has 0 amide bonds. The summed E-state index contributed by atoms with van der Waals surface area (Å²) in [6, 6.07) is 11.0. The molecule has 0 aliphatic carbocycles. The Kier molecular flexibility index (Phi) is 4.13. The summed E-state index contributed by atoms with van der Waals surface area (Å²) < 4.78 is 19.0. The normalized spacial score (nSPS) is 10.4. The minimum atomic E-state index is -0.439. The van der Waals surface area contributed by atoms with Gasteiger partial charge in [-0.1, -0.05) is 17.7 Å². The number of nitrogen functional groups attached to an aromatic ring is 1. The lowest BCUT2D eigenvalue weighted by molar-refractivity contribution is 0.322. The van der Waals surface area contributed by atoms with Crippen molar-refractivity contribution in [3.8, 4) is 5.75 Å². The zero-order chi connectivity index (χ0) is 14.7. The summed E-state index contributed by atoms with van der Waals surface area (Å²) in [4.78, 5) is 1.91. The fourth-order valence-electron chi connectivity index (χ4n) is 2.02. The Morgan fingerprint density at radius 1 is 1.20 bits per heavy atom. The van der Waals surface area contributed by atoms with Crippen LogP contribution in [0.2, 0.25) is 0 Å². The van der Waals surface area contributed by atoms with Gasteiger partial charge >= 0.3 is 0 Å². The Morgan fingerprint density at radius 2 is 1.85 bits per heavy atom. The van der Waals surface area contributed by atoms with E-state index in [1.165, 1.54) is 11.6 Å². The zero-order valence-electron chi connectivity index (χ0n) is 12.0. The summed E-state index contributed by atoms with van der Waals surface area (Å²) in [5, 5.41) is 0. The van der Waals surface area contributed by atoms with Crippen LogP contribution in [0.25, 0.3) is 0 Å². The summed E-state index contributed by atoms with van der Waals surface area (Å²) in [5.41, 5.74) is 9.19. The minimum absolute atomic E-state index is 0.218. The van der Waals surface area contributed by atoms with Crippen molar-refractivity contribution in [2.75, 3.05) is 24.3 Å². The van der Waals surface area contributed by atoms with E-state index in [0.29, 0.717) is 12.3 Å². The summed E-state index contributed by atoms with van der Waals surface area (Å²) in [6.45, 7) is 4.26. The molecule has 0 aliphatic rings. The monoisotopic (exact) mass is 274 g/mol. The molecule has 0 spiro atoms. The quantitative estimate of drug-likeness (QED) is 0.860. The number of anilines is 3. The van der Waals surface area contributed by atoms with E-state index in [1.54, 1.807) is 6.07 Å². The molecule has 2 N–H and O–H groups in total. The van der Waals surface area contributed by atoms with Crippen molar-refractivity contribution in [3.63, 3.8) is 0 Å². The molecule has 0 fully saturated rings. The van der Waals surface area contributed by atoms with E-state index in [0.717, 1.165) is 11.4 Å². The van der Waals surface area contributed by atoms with Crippen molar-refractivity contribution in [1.29, 1.82) is 0 Å². The van der Waals surface area contributed by atoms with Crippen LogP contribution in [-0.4, -0.2) is 13.7 Å². The van der Waals surface area contributed by atoms with Crippen LogP contribution in [0, 0.1) is 12.7 Å². The van der Waals surface area contributed by atoms with Crippen molar-refractivity contribution in [3.05, 3.63) is 47.8 Å². The van der Waals surface area contributed by atoms with Gasteiger partial charge in [-0.25, -0.2) is 4.39 Å². The lowest BCUT2D eigenvalue weighted by Crippen LogP contribution is -2.12. The molecule has 0 saturated carbocycles. The van der Waals surface area contributed by atoms with Gasteiger partial charge in [0.15, 0.2) is 11.6 Å².